The van der Waals surface area contributed by atoms with E-state index >= 15 is 0 Å². The maximum Gasteiger partial charge on any atom is 0.292 e. The van der Waals surface area contributed by atoms with Gasteiger partial charge in [0.2, 0.25) is 0 Å². The molecule has 0 aliphatic heterocycles. The number of amides is 1. The minimum Gasteiger partial charge on any atom is -0.383 e. The van der Waals surface area contributed by atoms with E-state index in [1.165, 1.54) is 18.2 Å². The topological polar surface area (TPSA) is 108 Å². The van der Waals surface area contributed by atoms with Crippen LogP contribution in [0.3, 0.4) is 0 Å². The molecule has 0 atom stereocenters. The first-order chi connectivity index (χ1) is 12.0. The molecule has 0 aliphatic rings. The van der Waals surface area contributed by atoms with Gasteiger partial charge in [-0.05, 0) is 45.8 Å². The minimum absolute atomic E-state index is 0.139. The van der Waals surface area contributed by atoms with Gasteiger partial charge in [-0.2, -0.15) is 5.26 Å². The van der Waals surface area contributed by atoms with Gasteiger partial charge in [0.15, 0.2) is 0 Å². The number of nitro groups is 1. The van der Waals surface area contributed by atoms with Crippen LogP contribution in [0.5, 0.6) is 0 Å². The number of anilines is 2. The Kier molecular flexibility index (Phi) is 5.87. The maximum absolute atomic E-state index is 12.3. The molecule has 0 saturated heterocycles. The zero-order valence-electron chi connectivity index (χ0n) is 13.1. The molecule has 25 heavy (non-hydrogen) atoms. The van der Waals surface area contributed by atoms with E-state index in [1.807, 2.05) is 6.07 Å². The molecule has 1 amide bonds. The van der Waals surface area contributed by atoms with Crippen LogP contribution >= 0.6 is 15.9 Å². The predicted molar refractivity (Wildman–Crippen MR) is 99.0 cm³/mol. The van der Waals surface area contributed by atoms with Gasteiger partial charge in [0.25, 0.3) is 11.6 Å². The number of benzene rings is 2. The summed E-state index contributed by atoms with van der Waals surface area (Å²) in [5, 5.41) is 25.7. The molecular weight excluding hydrogens is 388 g/mol. The summed E-state index contributed by atoms with van der Waals surface area (Å²) in [6, 6.07) is 13.2. The number of hydrogen-bond acceptors (Lipinski definition) is 5. The van der Waals surface area contributed by atoms with Crippen molar-refractivity contribution in [2.75, 3.05) is 17.7 Å². The highest BCUT2D eigenvalue weighted by molar-refractivity contribution is 9.10. The van der Waals surface area contributed by atoms with Gasteiger partial charge in [-0.25, -0.2) is 0 Å². The average molecular weight is 401 g/mol. The van der Waals surface area contributed by atoms with Crippen LogP contribution in [0.2, 0.25) is 0 Å². The van der Waals surface area contributed by atoms with Crippen molar-refractivity contribution >= 4 is 45.0 Å². The molecule has 2 rings (SSSR count). The van der Waals surface area contributed by atoms with Gasteiger partial charge in [-0.15, -0.1) is 0 Å². The molecule has 0 fully saturated rings. The fourth-order valence-electron chi connectivity index (χ4n) is 2.07. The summed E-state index contributed by atoms with van der Waals surface area (Å²) in [6.45, 7) is 0. The monoisotopic (exact) mass is 400 g/mol. The van der Waals surface area contributed by atoms with Gasteiger partial charge in [0.1, 0.15) is 17.3 Å². The number of nitrogens with zero attached hydrogens (tertiary/aromatic N) is 2. The molecule has 2 aromatic carbocycles. The lowest BCUT2D eigenvalue weighted by Gasteiger charge is -2.07. The minimum atomic E-state index is -0.602. The Hall–Kier alpha value is -3.18. The van der Waals surface area contributed by atoms with Crippen LogP contribution < -0.4 is 10.6 Å². The van der Waals surface area contributed by atoms with Crippen LogP contribution in [0.15, 0.2) is 52.5 Å². The molecule has 2 aromatic rings. The smallest absolute Gasteiger partial charge is 0.292 e. The molecule has 0 bridgehead atoms. The third kappa shape index (κ3) is 4.43. The second-order valence-electron chi connectivity index (χ2n) is 4.89. The normalized spacial score (nSPS) is 10.7. The highest BCUT2D eigenvalue weighted by Gasteiger charge is 2.15. The summed E-state index contributed by atoms with van der Waals surface area (Å²) in [5.41, 5.74) is 0.940. The Labute approximate surface area is 152 Å². The Morgan fingerprint density at radius 3 is 2.60 bits per heavy atom. The zero-order chi connectivity index (χ0) is 18.4. The molecule has 0 radical (unpaired) electrons. The van der Waals surface area contributed by atoms with E-state index in [2.05, 4.69) is 26.6 Å². The van der Waals surface area contributed by atoms with Crippen molar-refractivity contribution in [2.45, 2.75) is 0 Å². The maximum atomic E-state index is 12.3. The van der Waals surface area contributed by atoms with E-state index in [9.17, 15) is 20.2 Å². The molecule has 2 N–H and O–H groups in total. The lowest BCUT2D eigenvalue weighted by Crippen LogP contribution is -2.13. The average Bonchev–Trinajstić information content (AvgIpc) is 2.61. The van der Waals surface area contributed by atoms with Crippen molar-refractivity contribution in [1.29, 1.82) is 5.26 Å². The first-order valence-corrected chi connectivity index (χ1v) is 7.89. The summed E-state index contributed by atoms with van der Waals surface area (Å²) in [5.74, 6) is -0.602. The van der Waals surface area contributed by atoms with Gasteiger partial charge < -0.3 is 10.6 Å². The molecule has 0 aromatic heterocycles. The second-order valence-corrected chi connectivity index (χ2v) is 5.74. The van der Waals surface area contributed by atoms with Crippen LogP contribution in [0, 0.1) is 21.4 Å². The summed E-state index contributed by atoms with van der Waals surface area (Å²) >= 11 is 3.30. The molecule has 8 heteroatoms. The summed E-state index contributed by atoms with van der Waals surface area (Å²) < 4.78 is 0.676. The van der Waals surface area contributed by atoms with Crippen LogP contribution in [-0.4, -0.2) is 17.9 Å². The number of halogens is 1. The van der Waals surface area contributed by atoms with Crippen molar-refractivity contribution in [3.8, 4) is 6.07 Å². The van der Waals surface area contributed by atoms with Crippen LogP contribution in [0.25, 0.3) is 6.08 Å². The van der Waals surface area contributed by atoms with Gasteiger partial charge in [0.05, 0.1) is 10.6 Å². The van der Waals surface area contributed by atoms with Crippen molar-refractivity contribution in [3.63, 3.8) is 0 Å². The Morgan fingerprint density at radius 2 is 2.00 bits per heavy atom. The molecular formula is C17H13BrN4O3. The van der Waals surface area contributed by atoms with Crippen molar-refractivity contribution in [1.82, 2.24) is 0 Å². The van der Waals surface area contributed by atoms with E-state index in [-0.39, 0.29) is 11.3 Å². The quantitative estimate of drug-likeness (QED) is 0.341. The number of hydrogen-bond donors (Lipinski definition) is 2. The van der Waals surface area contributed by atoms with Crippen molar-refractivity contribution in [2.24, 2.45) is 0 Å². The highest BCUT2D eigenvalue weighted by Crippen LogP contribution is 2.26. The van der Waals surface area contributed by atoms with Gasteiger partial charge in [0, 0.05) is 17.6 Å². The SMILES string of the molecule is CNc1ccc(/C=C(\C#N)C(=O)Nc2ccccc2Br)cc1[N+](=O)[O-]. The zero-order valence-corrected chi connectivity index (χ0v) is 14.7. The van der Waals surface area contributed by atoms with Gasteiger partial charge in [-0.3, -0.25) is 14.9 Å². The van der Waals surface area contributed by atoms with Gasteiger partial charge in [-0.1, -0.05) is 18.2 Å². The van der Waals surface area contributed by atoms with E-state index in [0.29, 0.717) is 21.4 Å². The molecule has 0 aliphatic carbocycles. The molecule has 0 heterocycles. The number of rotatable bonds is 5. The number of carbonyl (C=O) groups is 1. The van der Waals surface area contributed by atoms with Crippen LogP contribution in [0.4, 0.5) is 17.1 Å². The fraction of sp³-hybridized carbons (Fsp3) is 0.0588. The number of nitriles is 1. The predicted octanol–water partition coefficient (Wildman–Crippen LogP) is 3.94. The van der Waals surface area contributed by atoms with Crippen LogP contribution in [0.1, 0.15) is 5.56 Å². The largest absolute Gasteiger partial charge is 0.383 e. The van der Waals surface area contributed by atoms with E-state index in [1.54, 1.807) is 37.4 Å². The molecule has 7 nitrogen and oxygen atoms in total. The molecule has 126 valence electrons. The first kappa shape index (κ1) is 18.2. The van der Waals surface area contributed by atoms with Crippen molar-refractivity contribution < 1.29 is 9.72 Å². The first-order valence-electron chi connectivity index (χ1n) is 7.10. The molecule has 0 unspecified atom stereocenters. The summed E-state index contributed by atoms with van der Waals surface area (Å²) in [6.07, 6.45) is 1.30. The standard InChI is InChI=1S/C17H13BrN4O3/c1-20-15-7-6-11(9-16(15)22(24)25)8-12(10-19)17(23)21-14-5-3-2-4-13(14)18/h2-9,20H,1H3,(H,21,23)/b12-8+. The van der Waals surface area contributed by atoms with E-state index in [4.69, 9.17) is 0 Å². The molecule has 0 saturated carbocycles. The number of carbonyl (C=O) groups excluding carboxylic acids is 1. The van der Waals surface area contributed by atoms with Crippen LogP contribution in [-0.2, 0) is 4.79 Å². The fourth-order valence-corrected chi connectivity index (χ4v) is 2.45. The number of para-hydroxylation sites is 1. The Balaban J connectivity index is 2.33. The lowest BCUT2D eigenvalue weighted by atomic mass is 10.1. The Bertz CT molecular complexity index is 903. The second kappa shape index (κ2) is 8.08. The number of nitrogens with one attached hydrogen (secondary N) is 2. The van der Waals surface area contributed by atoms with Gasteiger partial charge >= 0.3 is 0 Å². The third-order valence-electron chi connectivity index (χ3n) is 3.29. The Morgan fingerprint density at radius 1 is 1.28 bits per heavy atom. The summed E-state index contributed by atoms with van der Waals surface area (Å²) in [4.78, 5) is 22.8. The summed E-state index contributed by atoms with van der Waals surface area (Å²) in [7, 11) is 1.57. The molecule has 0 spiro atoms. The third-order valence-corrected chi connectivity index (χ3v) is 3.98. The highest BCUT2D eigenvalue weighted by atomic mass is 79.9. The lowest BCUT2D eigenvalue weighted by molar-refractivity contribution is -0.384. The van der Waals surface area contributed by atoms with E-state index < -0.39 is 10.8 Å². The van der Waals surface area contributed by atoms with Crippen molar-refractivity contribution in [3.05, 3.63) is 68.2 Å². The van der Waals surface area contributed by atoms with E-state index in [0.717, 1.165) is 0 Å². The number of nitro benzene ring substituents is 1.